The van der Waals surface area contributed by atoms with E-state index in [0.29, 0.717) is 27.1 Å². The van der Waals surface area contributed by atoms with Crippen molar-refractivity contribution in [3.05, 3.63) is 79.8 Å². The van der Waals surface area contributed by atoms with Crippen molar-refractivity contribution in [1.82, 2.24) is 15.3 Å². The first kappa shape index (κ1) is 21.0. The number of carbonyl (C=O) groups is 1. The Morgan fingerprint density at radius 2 is 1.80 bits per heavy atom. The molecule has 150 valence electrons. The van der Waals surface area contributed by atoms with Crippen LogP contribution in [0.4, 0.5) is 5.69 Å². The molecule has 1 aromatic heterocycles. The molecule has 0 aliphatic carbocycles. The average molecular weight is 567 g/mol. The van der Waals surface area contributed by atoms with Crippen molar-refractivity contribution in [3.8, 4) is 11.4 Å². The lowest BCUT2D eigenvalue weighted by atomic mass is 10.2. The number of halogens is 3. The number of aromatic amines is 1. The van der Waals surface area contributed by atoms with Gasteiger partial charge in [0.05, 0.1) is 32.3 Å². The van der Waals surface area contributed by atoms with Gasteiger partial charge >= 0.3 is 0 Å². The van der Waals surface area contributed by atoms with Crippen LogP contribution in [0.1, 0.15) is 10.4 Å². The molecule has 30 heavy (non-hydrogen) atoms. The second-order valence-corrected chi connectivity index (χ2v) is 8.80. The van der Waals surface area contributed by atoms with Crippen LogP contribution in [0.25, 0.3) is 22.4 Å². The zero-order chi connectivity index (χ0) is 21.3. The van der Waals surface area contributed by atoms with E-state index in [4.69, 9.17) is 35.4 Å². The van der Waals surface area contributed by atoms with Crippen molar-refractivity contribution in [2.75, 3.05) is 5.32 Å². The number of carbonyl (C=O) groups excluding carboxylic acids is 1. The van der Waals surface area contributed by atoms with E-state index in [1.54, 1.807) is 18.2 Å². The van der Waals surface area contributed by atoms with Gasteiger partial charge in [0, 0.05) is 9.13 Å². The van der Waals surface area contributed by atoms with Gasteiger partial charge in [-0.3, -0.25) is 10.1 Å². The van der Waals surface area contributed by atoms with Gasteiger partial charge in [-0.25, -0.2) is 4.98 Å². The van der Waals surface area contributed by atoms with Gasteiger partial charge in [0.2, 0.25) is 0 Å². The van der Waals surface area contributed by atoms with Crippen LogP contribution >= 0.6 is 58.0 Å². The number of para-hydroxylation sites is 2. The van der Waals surface area contributed by atoms with E-state index in [9.17, 15) is 4.79 Å². The van der Waals surface area contributed by atoms with E-state index in [-0.39, 0.29) is 5.11 Å². The lowest BCUT2D eigenvalue weighted by Gasteiger charge is -2.12. The first-order valence-electron chi connectivity index (χ1n) is 8.73. The monoisotopic (exact) mass is 566 g/mol. The van der Waals surface area contributed by atoms with Crippen LogP contribution < -0.4 is 10.6 Å². The number of rotatable bonds is 3. The molecule has 0 unspecified atom stereocenters. The maximum absolute atomic E-state index is 12.5. The fourth-order valence-electron chi connectivity index (χ4n) is 2.85. The quantitative estimate of drug-likeness (QED) is 0.202. The molecular weight excluding hydrogens is 554 g/mol. The molecule has 3 aromatic carbocycles. The van der Waals surface area contributed by atoms with Gasteiger partial charge in [-0.15, -0.1) is 0 Å². The van der Waals surface area contributed by atoms with Crippen molar-refractivity contribution in [1.29, 1.82) is 0 Å². The topological polar surface area (TPSA) is 69.8 Å². The van der Waals surface area contributed by atoms with Gasteiger partial charge in [0.1, 0.15) is 5.82 Å². The first-order chi connectivity index (χ1) is 14.4. The van der Waals surface area contributed by atoms with Gasteiger partial charge in [-0.1, -0.05) is 35.3 Å². The third-order valence-electron chi connectivity index (χ3n) is 4.28. The molecule has 0 aliphatic heterocycles. The summed E-state index contributed by atoms with van der Waals surface area (Å²) in [5, 5.41) is 6.52. The molecule has 0 atom stereocenters. The van der Waals surface area contributed by atoms with Gasteiger partial charge in [0.25, 0.3) is 5.91 Å². The Morgan fingerprint density at radius 3 is 2.60 bits per heavy atom. The van der Waals surface area contributed by atoms with Gasteiger partial charge in [0.15, 0.2) is 5.11 Å². The van der Waals surface area contributed by atoms with Crippen LogP contribution in [0.15, 0.2) is 60.7 Å². The zero-order valence-electron chi connectivity index (χ0n) is 15.2. The Kier molecular flexibility index (Phi) is 6.24. The van der Waals surface area contributed by atoms with E-state index in [1.807, 2.05) is 42.5 Å². The highest BCUT2D eigenvalue weighted by Gasteiger charge is 2.14. The summed E-state index contributed by atoms with van der Waals surface area (Å²) in [7, 11) is 0. The first-order valence-corrected chi connectivity index (χ1v) is 11.0. The fraction of sp³-hybridized carbons (Fsp3) is 0. The number of amides is 1. The van der Waals surface area contributed by atoms with Crippen molar-refractivity contribution in [3.63, 3.8) is 0 Å². The predicted molar refractivity (Wildman–Crippen MR) is 134 cm³/mol. The number of hydrogen-bond donors (Lipinski definition) is 3. The molecule has 0 bridgehead atoms. The van der Waals surface area contributed by atoms with Crippen LogP contribution in [0, 0.1) is 3.57 Å². The molecule has 4 rings (SSSR count). The summed E-state index contributed by atoms with van der Waals surface area (Å²) in [5.41, 5.74) is 3.53. The molecule has 0 spiro atoms. The summed E-state index contributed by atoms with van der Waals surface area (Å²) in [6.45, 7) is 0. The number of H-pyrrole nitrogens is 1. The highest BCUT2D eigenvalue weighted by atomic mass is 127. The van der Waals surface area contributed by atoms with Crippen LogP contribution in [0.3, 0.4) is 0 Å². The molecule has 0 fully saturated rings. The second-order valence-electron chi connectivity index (χ2n) is 6.33. The lowest BCUT2D eigenvalue weighted by molar-refractivity contribution is 0.0978. The molecule has 0 saturated carbocycles. The zero-order valence-corrected chi connectivity index (χ0v) is 19.7. The van der Waals surface area contributed by atoms with Crippen LogP contribution in [-0.2, 0) is 0 Å². The van der Waals surface area contributed by atoms with Crippen molar-refractivity contribution >= 4 is 85.8 Å². The van der Waals surface area contributed by atoms with Crippen molar-refractivity contribution in [2.24, 2.45) is 0 Å². The van der Waals surface area contributed by atoms with Gasteiger partial charge < -0.3 is 10.3 Å². The summed E-state index contributed by atoms with van der Waals surface area (Å²) < 4.78 is 0.891. The minimum Gasteiger partial charge on any atom is -0.338 e. The summed E-state index contributed by atoms with van der Waals surface area (Å²) in [5.74, 6) is 0.303. The Morgan fingerprint density at radius 1 is 1.03 bits per heavy atom. The van der Waals surface area contributed by atoms with Gasteiger partial charge in [-0.2, -0.15) is 0 Å². The standard InChI is InChI=1S/C21H13Cl2IN4OS/c22-14-8-6-12(24)10-13(14)20(29)28-21(30)27-18-9-11(5-7-15(18)23)19-25-16-3-1-2-4-17(16)26-19/h1-10H,(H,25,26)(H2,27,28,29,30). The number of nitrogens with zero attached hydrogens (tertiary/aromatic N) is 1. The SMILES string of the molecule is O=C(NC(=S)Nc1cc(-c2nc3ccccc3[nH]2)ccc1Cl)c1cc(I)ccc1Cl. The number of imidazole rings is 1. The Labute approximate surface area is 201 Å². The summed E-state index contributed by atoms with van der Waals surface area (Å²) >= 11 is 19.8. The van der Waals surface area contributed by atoms with Crippen molar-refractivity contribution < 1.29 is 4.79 Å². The number of fused-ring (bicyclic) bond motifs is 1. The van der Waals surface area contributed by atoms with E-state index in [1.165, 1.54) is 0 Å². The maximum Gasteiger partial charge on any atom is 0.258 e. The third-order valence-corrected chi connectivity index (χ3v) is 5.81. The fourth-order valence-corrected chi connectivity index (χ4v) is 3.92. The lowest BCUT2D eigenvalue weighted by Crippen LogP contribution is -2.34. The largest absolute Gasteiger partial charge is 0.338 e. The maximum atomic E-state index is 12.5. The second kappa shape index (κ2) is 8.89. The molecule has 1 amide bonds. The molecule has 1 heterocycles. The molecule has 0 aliphatic rings. The van der Waals surface area contributed by atoms with E-state index in [2.05, 4.69) is 43.2 Å². The number of thiocarbonyl (C=S) groups is 1. The molecule has 3 N–H and O–H groups in total. The molecule has 4 aromatic rings. The average Bonchev–Trinajstić information content (AvgIpc) is 3.15. The van der Waals surface area contributed by atoms with Crippen molar-refractivity contribution in [2.45, 2.75) is 0 Å². The minimum absolute atomic E-state index is 0.110. The Balaban J connectivity index is 1.54. The molecule has 5 nitrogen and oxygen atoms in total. The predicted octanol–water partition coefficient (Wildman–Crippen LogP) is 6.27. The summed E-state index contributed by atoms with van der Waals surface area (Å²) in [6.07, 6.45) is 0. The minimum atomic E-state index is -0.402. The molecular formula is C21H13Cl2IN4OS. The summed E-state index contributed by atoms with van der Waals surface area (Å²) in [6, 6.07) is 18.4. The van der Waals surface area contributed by atoms with E-state index < -0.39 is 5.91 Å². The Hall–Kier alpha value is -2.20. The van der Waals surface area contributed by atoms with Crippen LogP contribution in [-0.4, -0.2) is 21.0 Å². The van der Waals surface area contributed by atoms with E-state index in [0.717, 1.165) is 20.2 Å². The Bertz CT molecular complexity index is 1260. The number of anilines is 1. The van der Waals surface area contributed by atoms with Gasteiger partial charge in [-0.05, 0) is 83.3 Å². The van der Waals surface area contributed by atoms with Crippen LogP contribution in [0.5, 0.6) is 0 Å². The van der Waals surface area contributed by atoms with E-state index >= 15 is 0 Å². The number of hydrogen-bond acceptors (Lipinski definition) is 3. The van der Waals surface area contributed by atoms with Crippen LogP contribution in [0.2, 0.25) is 10.0 Å². The normalized spacial score (nSPS) is 10.8. The highest BCUT2D eigenvalue weighted by Crippen LogP contribution is 2.29. The number of benzene rings is 3. The summed E-state index contributed by atoms with van der Waals surface area (Å²) in [4.78, 5) is 20.4. The highest BCUT2D eigenvalue weighted by molar-refractivity contribution is 14.1. The number of aromatic nitrogens is 2. The molecule has 9 heteroatoms. The smallest absolute Gasteiger partial charge is 0.258 e. The molecule has 0 saturated heterocycles. The molecule has 0 radical (unpaired) electrons. The third kappa shape index (κ3) is 4.59. The number of nitrogens with one attached hydrogen (secondary N) is 3.